The van der Waals surface area contributed by atoms with E-state index in [2.05, 4.69) is 328 Å². The first kappa shape index (κ1) is 131. The van der Waals surface area contributed by atoms with Crippen LogP contribution in [0.15, 0.2) is 0 Å². The Morgan fingerprint density at radius 1 is 0.252 bits per heavy atom. The van der Waals surface area contributed by atoms with Crippen molar-refractivity contribution in [1.82, 2.24) is 42.9 Å². The number of rotatable bonds is 63. The Morgan fingerprint density at radius 2 is 0.479 bits per heavy atom. The number of unbranched alkanes of at least 4 members (excludes halogenated alkanes) is 2. The van der Waals surface area contributed by atoms with E-state index >= 15 is 0 Å². The van der Waals surface area contributed by atoms with E-state index in [0.29, 0.717) is 189 Å². The normalized spacial score (nSPS) is 13.4. The van der Waals surface area contributed by atoms with Gasteiger partial charge in [0.15, 0.2) is 24.4 Å². The average molecular weight is 1830 g/mol. The maximum atomic E-state index is 8.58. The molecule has 0 heterocycles. The second kappa shape index (κ2) is 90.4. The van der Waals surface area contributed by atoms with Crippen molar-refractivity contribution in [3.05, 3.63) is 0 Å². The maximum absolute atomic E-state index is 8.58. The van der Waals surface area contributed by atoms with Gasteiger partial charge in [0.1, 0.15) is 16.6 Å². The first-order valence-corrected chi connectivity index (χ1v) is 55.0. The number of nitriles is 7. The Morgan fingerprint density at radius 3 is 0.689 bits per heavy atom. The lowest BCUT2D eigenvalue weighted by Gasteiger charge is -2.37. The lowest BCUT2D eigenvalue weighted by molar-refractivity contribution is 0.176. The molecule has 0 spiro atoms. The second-order valence-electron chi connectivity index (χ2n) is 31.6. The fourth-order valence-corrected chi connectivity index (χ4v) is 28.0. The minimum atomic E-state index is -1.04. The van der Waals surface area contributed by atoms with Crippen LogP contribution in [0, 0.1) is 79.3 Å². The Bertz CT molecular complexity index is 2020. The number of nitrogens with zero attached hydrogens (tertiary/aromatic N) is 14. The van der Waals surface area contributed by atoms with Crippen molar-refractivity contribution in [3.8, 4) is 42.5 Å². The molecule has 0 bridgehead atoms. The summed E-state index contributed by atoms with van der Waals surface area (Å²) in [5.41, 5.74) is 0. The molecule has 119 heavy (non-hydrogen) atoms. The van der Waals surface area contributed by atoms with Crippen LogP contribution in [0.5, 0.6) is 0 Å². The van der Waals surface area contributed by atoms with Crippen molar-refractivity contribution in [2.75, 3.05) is 90.6 Å². The Hall–Kier alpha value is -0.930. The molecule has 0 aromatic heterocycles. The molecule has 0 saturated heterocycles. The van der Waals surface area contributed by atoms with E-state index in [1.807, 2.05) is 11.4 Å². The standard InChI is InChI=1S/2C13H27N2OP.2C12H26N3OP.2C12H25N2O2P.C12H25N2OPS/c2*1-6-7-11-17(16-10-8-9-14)15(12(2)3)13(4)5;2*1-6-9-14-17(16-10-7-8-13)15(11(2)3)12(4)5;2*1-6-9-15-17(16-10-7-8-13)14(11(2)3)12(4)5;1-6-10-17-16(15-9-7-8-13)14(11(2)3)12(4)5/h2*12-13H,6-8,10-11H2,1-5H3;2*11-12,14H,6-7,9-10H2,1-5H3;3*11-12H,6-7,9-10H2,1-5H3. The molecule has 0 fully saturated rings. The molecule has 0 aromatic carbocycles. The van der Waals surface area contributed by atoms with Gasteiger partial charge in [0, 0.05) is 116 Å². The smallest absolute Gasteiger partial charge is 0.259 e. The van der Waals surface area contributed by atoms with Gasteiger partial charge >= 0.3 is 0 Å². The summed E-state index contributed by atoms with van der Waals surface area (Å²) in [6.07, 6.45) is 15.5. The van der Waals surface area contributed by atoms with Crippen molar-refractivity contribution in [3.63, 3.8) is 0 Å². The molecule has 0 saturated carbocycles. The summed E-state index contributed by atoms with van der Waals surface area (Å²) in [5, 5.41) is 66.8. The first-order valence-electron chi connectivity index (χ1n) is 44.7. The third-order valence-electron chi connectivity index (χ3n) is 15.5. The van der Waals surface area contributed by atoms with E-state index in [1.54, 1.807) is 0 Å². The van der Waals surface area contributed by atoms with Crippen LogP contribution >= 0.6 is 69.4 Å². The van der Waals surface area contributed by atoms with Gasteiger partial charge in [0.05, 0.1) is 147 Å². The van der Waals surface area contributed by atoms with Gasteiger partial charge in [0.2, 0.25) is 0 Å². The van der Waals surface area contributed by atoms with Crippen LogP contribution in [0.4, 0.5) is 0 Å². The van der Waals surface area contributed by atoms with Gasteiger partial charge < -0.3 is 40.7 Å². The third kappa shape index (κ3) is 72.7. The molecular weight excluding hydrogens is 1650 g/mol. The van der Waals surface area contributed by atoms with E-state index in [0.717, 1.165) is 63.3 Å². The topological polar surface area (TPSA) is 296 Å². The van der Waals surface area contributed by atoms with E-state index < -0.39 is 58.1 Å². The number of hydrogen-bond acceptors (Lipinski definition) is 26. The summed E-state index contributed by atoms with van der Waals surface area (Å²) in [5.74, 6) is 1.12. The van der Waals surface area contributed by atoms with Crippen LogP contribution in [-0.2, 0) is 40.7 Å². The van der Waals surface area contributed by atoms with Crippen molar-refractivity contribution in [1.29, 1.82) is 36.8 Å². The molecule has 33 heteroatoms. The molecule has 0 radical (unpaired) electrons. The SMILES string of the molecule is CCCCP(OCCC#N)N(C(C)C)C(C)C.CCCCP(OCCC#N)N(C(C)C)C(C)C.CCCNP(OCCC#N)N(C(C)C)C(C)C.CCCNP(OCCC#N)N(C(C)C)C(C)C.CCCOP(OCCC#N)N(C(C)C)C(C)C.CCCOP(OCCC#N)N(C(C)C)C(C)C.CCCSP(OCCC#N)N(C(C)C)C(C)C. The highest BCUT2D eigenvalue weighted by Gasteiger charge is 2.32. The molecule has 0 aliphatic rings. The maximum Gasteiger partial charge on any atom is 0.259 e. The minimum Gasteiger partial charge on any atom is -0.342 e. The highest BCUT2D eigenvalue weighted by molar-refractivity contribution is 8.53. The summed E-state index contributed by atoms with van der Waals surface area (Å²) in [4.78, 5) is 0. The zero-order valence-corrected chi connectivity index (χ0v) is 89.3. The van der Waals surface area contributed by atoms with Crippen LogP contribution in [0.3, 0.4) is 0 Å². The molecule has 2 N–H and O–H groups in total. The largest absolute Gasteiger partial charge is 0.342 e. The summed E-state index contributed by atoms with van der Waals surface area (Å²) in [6.45, 7) is 83.0. The van der Waals surface area contributed by atoms with Gasteiger partial charge in [-0.1, -0.05) is 72.7 Å². The lowest BCUT2D eigenvalue weighted by atomic mass is 10.3. The van der Waals surface area contributed by atoms with Crippen molar-refractivity contribution in [2.45, 2.75) is 430 Å². The molecular formula is C86H181N16O9P7S. The monoisotopic (exact) mass is 1830 g/mol. The summed E-state index contributed by atoms with van der Waals surface area (Å²) in [7, 11) is -5.35. The molecule has 0 aliphatic heterocycles. The fourth-order valence-electron chi connectivity index (χ4n) is 11.3. The highest BCUT2D eigenvalue weighted by atomic mass is 32.7. The van der Waals surface area contributed by atoms with Gasteiger partial charge in [-0.15, -0.1) is 0 Å². The van der Waals surface area contributed by atoms with Gasteiger partial charge in [-0.25, -0.2) is 23.4 Å². The zero-order valence-electron chi connectivity index (χ0n) is 82.3. The van der Waals surface area contributed by atoms with Crippen LogP contribution in [-0.4, -0.2) is 208 Å². The Labute approximate surface area is 748 Å². The Balaban J connectivity index is -0.000000246. The Kier molecular flexibility index (Phi) is 99.7. The van der Waals surface area contributed by atoms with Gasteiger partial charge in [-0.3, -0.25) is 19.5 Å². The molecule has 7 atom stereocenters. The van der Waals surface area contributed by atoms with E-state index in [-0.39, 0.29) is 0 Å². The molecule has 0 amide bonds. The van der Waals surface area contributed by atoms with E-state index in [4.69, 9.17) is 77.5 Å². The third-order valence-corrected chi connectivity index (χ3v) is 34.1. The molecule has 0 aromatic rings. The van der Waals surface area contributed by atoms with Crippen LogP contribution in [0.2, 0.25) is 0 Å². The molecule has 25 nitrogen and oxygen atoms in total. The van der Waals surface area contributed by atoms with Crippen LogP contribution < -0.4 is 10.2 Å². The molecule has 0 aliphatic carbocycles. The minimum absolute atomic E-state index is 0.375. The molecule has 7 unspecified atom stereocenters. The summed E-state index contributed by atoms with van der Waals surface area (Å²) in [6, 6.07) is 21.0. The number of nitrogens with one attached hydrogen (secondary N) is 2. The second-order valence-corrected chi connectivity index (χ2v) is 45.0. The van der Waals surface area contributed by atoms with Crippen molar-refractivity contribution < 1.29 is 40.7 Å². The van der Waals surface area contributed by atoms with E-state index in [1.165, 1.54) is 25.7 Å². The first-order chi connectivity index (χ1) is 56.3. The summed E-state index contributed by atoms with van der Waals surface area (Å²) >= 11 is 1.90. The van der Waals surface area contributed by atoms with Crippen molar-refractivity contribution in [2.24, 2.45) is 0 Å². The lowest BCUT2D eigenvalue weighted by Crippen LogP contribution is -2.37. The quantitative estimate of drug-likeness (QED) is 0.0422. The molecule has 700 valence electrons. The predicted octanol–water partition coefficient (Wildman–Crippen LogP) is 26.6. The van der Waals surface area contributed by atoms with Crippen molar-refractivity contribution >= 4 is 69.4 Å². The zero-order chi connectivity index (χ0) is 92.8. The van der Waals surface area contributed by atoms with Gasteiger partial charge in [-0.05, 0) is 239 Å². The number of hydrogen-bond donors (Lipinski definition) is 2. The fraction of sp³-hybridized carbons (Fsp3) is 0.919. The van der Waals surface area contributed by atoms with Crippen LogP contribution in [0.1, 0.15) is 345 Å². The van der Waals surface area contributed by atoms with Gasteiger partial charge in [-0.2, -0.15) is 36.8 Å². The summed E-state index contributed by atoms with van der Waals surface area (Å²) < 4.78 is 68.9. The highest BCUT2D eigenvalue weighted by Crippen LogP contribution is 2.57. The predicted molar refractivity (Wildman–Crippen MR) is 518 cm³/mol. The van der Waals surface area contributed by atoms with E-state index in [9.17, 15) is 0 Å². The molecule has 0 rings (SSSR count). The van der Waals surface area contributed by atoms with Crippen LogP contribution in [0.25, 0.3) is 0 Å². The average Bonchev–Trinajstić information content (AvgIpc) is 0.930. The van der Waals surface area contributed by atoms with Gasteiger partial charge in [0.25, 0.3) is 17.1 Å².